The van der Waals surface area contributed by atoms with Crippen LogP contribution in [0.5, 0.6) is 0 Å². The number of nitrogens with one attached hydrogen (secondary N) is 1. The number of hydrogen-bond donors (Lipinski definition) is 1. The molecule has 4 rings (SSSR count). The second kappa shape index (κ2) is 9.80. The number of halogens is 3. The van der Waals surface area contributed by atoms with Gasteiger partial charge in [-0.05, 0) is 59.7 Å². The molecule has 0 unspecified atom stereocenters. The quantitative estimate of drug-likeness (QED) is 0.457. The zero-order valence-electron chi connectivity index (χ0n) is 17.5. The van der Waals surface area contributed by atoms with Gasteiger partial charge in [-0.1, -0.05) is 35.9 Å². The van der Waals surface area contributed by atoms with Crippen molar-refractivity contribution in [2.45, 2.75) is 13.1 Å². The summed E-state index contributed by atoms with van der Waals surface area (Å²) >= 11 is 5.93. The highest BCUT2D eigenvalue weighted by atomic mass is 35.5. The maximum atomic E-state index is 13.3. The van der Waals surface area contributed by atoms with Crippen molar-refractivity contribution >= 4 is 17.5 Å². The van der Waals surface area contributed by atoms with E-state index in [1.807, 2.05) is 0 Å². The van der Waals surface area contributed by atoms with Gasteiger partial charge in [-0.15, -0.1) is 0 Å². The molecule has 0 aliphatic rings. The lowest BCUT2D eigenvalue weighted by atomic mass is 10.2. The predicted octanol–water partition coefficient (Wildman–Crippen LogP) is 3.30. The van der Waals surface area contributed by atoms with Crippen LogP contribution >= 0.6 is 11.6 Å². The number of amides is 1. The van der Waals surface area contributed by atoms with Crippen LogP contribution < -0.4 is 16.6 Å². The van der Waals surface area contributed by atoms with Gasteiger partial charge in [0.25, 0.3) is 11.5 Å². The molecule has 7 nitrogen and oxygen atoms in total. The summed E-state index contributed by atoms with van der Waals surface area (Å²) in [6.45, 7) is -0.190. The first kappa shape index (κ1) is 23.1. The molecule has 34 heavy (non-hydrogen) atoms. The highest BCUT2D eigenvalue weighted by molar-refractivity contribution is 6.30. The molecular weight excluding hydrogens is 466 g/mol. The van der Waals surface area contributed by atoms with Crippen molar-refractivity contribution in [3.63, 3.8) is 0 Å². The zero-order chi connectivity index (χ0) is 24.2. The summed E-state index contributed by atoms with van der Waals surface area (Å²) in [7, 11) is 0. The Balaban J connectivity index is 1.75. The molecule has 0 atom stereocenters. The molecule has 1 N–H and O–H groups in total. The fourth-order valence-electron chi connectivity index (χ4n) is 3.19. The fraction of sp³-hybridized carbons (Fsp3) is 0.0833. The molecule has 0 spiro atoms. The van der Waals surface area contributed by atoms with Crippen molar-refractivity contribution in [3.8, 4) is 5.69 Å². The number of hydrogen-bond acceptors (Lipinski definition) is 4. The Morgan fingerprint density at radius 1 is 0.853 bits per heavy atom. The van der Waals surface area contributed by atoms with Gasteiger partial charge in [0.1, 0.15) is 11.6 Å². The lowest BCUT2D eigenvalue weighted by Crippen LogP contribution is -2.46. The third kappa shape index (κ3) is 5.10. The molecule has 4 aromatic rings. The number of nitrogens with zero attached hydrogens (tertiary/aromatic N) is 3. The van der Waals surface area contributed by atoms with Crippen LogP contribution in [0.15, 0.2) is 82.4 Å². The van der Waals surface area contributed by atoms with E-state index in [0.717, 1.165) is 9.25 Å². The van der Waals surface area contributed by atoms with E-state index in [9.17, 15) is 23.2 Å². The normalized spacial score (nSPS) is 10.8. The van der Waals surface area contributed by atoms with Crippen LogP contribution in [-0.4, -0.2) is 20.3 Å². The smallest absolute Gasteiger partial charge is 0.346 e. The third-order valence-corrected chi connectivity index (χ3v) is 5.22. The van der Waals surface area contributed by atoms with Gasteiger partial charge < -0.3 is 5.32 Å². The molecule has 0 bridgehead atoms. The monoisotopic (exact) mass is 482 g/mol. The lowest BCUT2D eigenvalue weighted by molar-refractivity contribution is 0.0941. The Morgan fingerprint density at radius 2 is 1.41 bits per heavy atom. The van der Waals surface area contributed by atoms with Crippen molar-refractivity contribution in [1.29, 1.82) is 0 Å². The number of carbonyl (C=O) groups excluding carboxylic acids is 1. The van der Waals surface area contributed by atoms with Gasteiger partial charge in [-0.3, -0.25) is 14.2 Å². The van der Waals surface area contributed by atoms with Crippen molar-refractivity contribution < 1.29 is 13.6 Å². The Bertz CT molecular complexity index is 1450. The number of carbonyl (C=O) groups is 1. The second-order valence-corrected chi connectivity index (χ2v) is 7.78. The fourth-order valence-corrected chi connectivity index (χ4v) is 3.31. The third-order valence-electron chi connectivity index (χ3n) is 4.97. The first-order valence-electron chi connectivity index (χ1n) is 10.1. The van der Waals surface area contributed by atoms with E-state index in [-0.39, 0.29) is 18.8 Å². The van der Waals surface area contributed by atoms with Gasteiger partial charge in [-0.2, -0.15) is 9.78 Å². The van der Waals surface area contributed by atoms with Crippen molar-refractivity contribution in [1.82, 2.24) is 19.7 Å². The molecule has 1 amide bonds. The van der Waals surface area contributed by atoms with Crippen LogP contribution in [0.4, 0.5) is 8.78 Å². The van der Waals surface area contributed by atoms with Crippen LogP contribution in [0, 0.1) is 11.6 Å². The standard InChI is InChI=1S/C24H17ClF2N4O3/c25-17-5-11-20(12-6-17)31-24(34)30(14-16-3-9-19(27)10-4-16)23(33)21(29-31)22(32)28-13-15-1-7-18(26)8-2-15/h1-12H,13-14H2,(H,28,32). The van der Waals surface area contributed by atoms with Gasteiger partial charge in [-0.25, -0.2) is 13.6 Å². The van der Waals surface area contributed by atoms with Crippen LogP contribution in [0.2, 0.25) is 5.02 Å². The lowest BCUT2D eigenvalue weighted by Gasteiger charge is -2.12. The van der Waals surface area contributed by atoms with Crippen molar-refractivity contribution in [3.05, 3.63) is 127 Å². The molecule has 0 saturated heterocycles. The SMILES string of the molecule is O=C(NCc1ccc(F)cc1)c1nn(-c2ccc(Cl)cc2)c(=O)n(Cc2ccc(F)cc2)c1=O. The number of rotatable bonds is 6. The van der Waals surface area contributed by atoms with E-state index >= 15 is 0 Å². The molecular formula is C24H17ClF2N4O3. The summed E-state index contributed by atoms with van der Waals surface area (Å²) in [5.41, 5.74) is -0.837. The second-order valence-electron chi connectivity index (χ2n) is 7.35. The summed E-state index contributed by atoms with van der Waals surface area (Å²) in [5, 5.41) is 6.99. The van der Waals surface area contributed by atoms with Gasteiger partial charge in [0.15, 0.2) is 0 Å². The van der Waals surface area contributed by atoms with Crippen LogP contribution in [0.25, 0.3) is 5.69 Å². The zero-order valence-corrected chi connectivity index (χ0v) is 18.3. The van der Waals surface area contributed by atoms with Crippen molar-refractivity contribution in [2.75, 3.05) is 0 Å². The minimum absolute atomic E-state index is 0.0122. The van der Waals surface area contributed by atoms with Gasteiger partial charge in [0.2, 0.25) is 5.69 Å². The minimum Gasteiger partial charge on any atom is -0.346 e. The summed E-state index contributed by atoms with van der Waals surface area (Å²) in [5.74, 6) is -1.70. The average molecular weight is 483 g/mol. The highest BCUT2D eigenvalue weighted by Gasteiger charge is 2.20. The Morgan fingerprint density at radius 3 is 2.00 bits per heavy atom. The maximum Gasteiger partial charge on any atom is 0.352 e. The first-order chi connectivity index (χ1) is 16.3. The molecule has 1 heterocycles. The van der Waals surface area contributed by atoms with E-state index in [1.54, 1.807) is 0 Å². The first-order valence-corrected chi connectivity index (χ1v) is 10.5. The number of benzene rings is 3. The highest BCUT2D eigenvalue weighted by Crippen LogP contribution is 2.11. The largest absolute Gasteiger partial charge is 0.352 e. The maximum absolute atomic E-state index is 13.3. The molecule has 10 heteroatoms. The molecule has 0 radical (unpaired) electrons. The predicted molar refractivity (Wildman–Crippen MR) is 122 cm³/mol. The molecule has 0 fully saturated rings. The topological polar surface area (TPSA) is 86.0 Å². The van der Waals surface area contributed by atoms with Gasteiger partial charge in [0.05, 0.1) is 12.2 Å². The molecule has 3 aromatic carbocycles. The summed E-state index contributed by atoms with van der Waals surface area (Å²) in [4.78, 5) is 39.1. The van der Waals surface area contributed by atoms with Gasteiger partial charge in [0, 0.05) is 11.6 Å². The van der Waals surface area contributed by atoms with E-state index in [4.69, 9.17) is 11.6 Å². The van der Waals surface area contributed by atoms with Crippen LogP contribution in [0.3, 0.4) is 0 Å². The molecule has 1 aromatic heterocycles. The molecule has 172 valence electrons. The van der Waals surface area contributed by atoms with Crippen molar-refractivity contribution in [2.24, 2.45) is 0 Å². The molecule has 0 saturated carbocycles. The minimum atomic E-state index is -0.906. The Kier molecular flexibility index (Phi) is 6.65. The van der Waals surface area contributed by atoms with Crippen LogP contribution in [0.1, 0.15) is 21.6 Å². The Hall–Kier alpha value is -4.11. The van der Waals surface area contributed by atoms with E-state index in [2.05, 4.69) is 10.4 Å². The van der Waals surface area contributed by atoms with E-state index < -0.39 is 34.5 Å². The summed E-state index contributed by atoms with van der Waals surface area (Å²) in [6, 6.07) is 16.9. The summed E-state index contributed by atoms with van der Waals surface area (Å²) in [6.07, 6.45) is 0. The Labute approximate surface area is 196 Å². The molecule has 0 aliphatic heterocycles. The van der Waals surface area contributed by atoms with Gasteiger partial charge >= 0.3 is 5.69 Å². The van der Waals surface area contributed by atoms with E-state index in [0.29, 0.717) is 16.1 Å². The average Bonchev–Trinajstić information content (AvgIpc) is 2.83. The van der Waals surface area contributed by atoms with Crippen LogP contribution in [-0.2, 0) is 13.1 Å². The van der Waals surface area contributed by atoms with E-state index in [1.165, 1.54) is 72.8 Å². The number of aromatic nitrogens is 3. The molecule has 0 aliphatic carbocycles. The summed E-state index contributed by atoms with van der Waals surface area (Å²) < 4.78 is 28.2.